The van der Waals surface area contributed by atoms with Crippen molar-refractivity contribution in [3.63, 3.8) is 0 Å². The highest BCUT2D eigenvalue weighted by atomic mass is 32.1. The van der Waals surface area contributed by atoms with Gasteiger partial charge in [-0.1, -0.05) is 6.07 Å². The fraction of sp³-hybridized carbons (Fsp3) is 0.571. The Morgan fingerprint density at radius 3 is 2.86 bits per heavy atom. The molecule has 1 heterocycles. The third-order valence-electron chi connectivity index (χ3n) is 2.63. The largest absolute Gasteiger partial charge is 0.466 e. The average molecular weight is 315 g/mol. The zero-order valence-electron chi connectivity index (χ0n) is 12.0. The van der Waals surface area contributed by atoms with Crippen molar-refractivity contribution < 1.29 is 24.2 Å². The number of aliphatic hydroxyl groups is 1. The summed E-state index contributed by atoms with van der Waals surface area (Å²) in [6.07, 6.45) is -0.00935. The second-order valence-corrected chi connectivity index (χ2v) is 5.14. The molecule has 0 fully saturated rings. The zero-order chi connectivity index (χ0) is 15.5. The molecule has 0 aromatic carbocycles. The quantitative estimate of drug-likeness (QED) is 0.358. The smallest absolute Gasteiger partial charge is 0.307 e. The van der Waals surface area contributed by atoms with Crippen LogP contribution >= 0.6 is 11.3 Å². The van der Waals surface area contributed by atoms with Gasteiger partial charge in [-0.25, -0.2) is 0 Å². The predicted octanol–water partition coefficient (Wildman–Crippen LogP) is 0.851. The first-order valence-corrected chi connectivity index (χ1v) is 7.72. The van der Waals surface area contributed by atoms with Gasteiger partial charge in [0.15, 0.2) is 5.78 Å². The van der Waals surface area contributed by atoms with E-state index in [0.29, 0.717) is 24.6 Å². The van der Waals surface area contributed by atoms with Gasteiger partial charge < -0.3 is 19.9 Å². The molecule has 0 spiro atoms. The molecule has 21 heavy (non-hydrogen) atoms. The van der Waals surface area contributed by atoms with E-state index in [0.717, 1.165) is 0 Å². The second kappa shape index (κ2) is 10.4. The van der Waals surface area contributed by atoms with E-state index >= 15 is 0 Å². The first kappa shape index (κ1) is 17.8. The fourth-order valence-electron chi connectivity index (χ4n) is 1.71. The van der Waals surface area contributed by atoms with Crippen LogP contribution in [0.25, 0.3) is 0 Å². The van der Waals surface area contributed by atoms with Gasteiger partial charge in [0.1, 0.15) is 0 Å². The van der Waals surface area contributed by atoms with Crippen molar-refractivity contribution in [1.29, 1.82) is 0 Å². The van der Waals surface area contributed by atoms with E-state index in [4.69, 9.17) is 14.6 Å². The summed E-state index contributed by atoms with van der Waals surface area (Å²) in [6.45, 7) is 3.00. The molecule has 118 valence electrons. The molecule has 1 aromatic rings. The predicted molar refractivity (Wildman–Crippen MR) is 79.6 cm³/mol. The normalized spacial score (nSPS) is 12.1. The van der Waals surface area contributed by atoms with E-state index < -0.39 is 12.0 Å². The maximum Gasteiger partial charge on any atom is 0.307 e. The number of ether oxygens (including phenoxy) is 2. The summed E-state index contributed by atoms with van der Waals surface area (Å²) in [5.41, 5.74) is 0. The zero-order valence-corrected chi connectivity index (χ0v) is 12.9. The Labute approximate surface area is 128 Å². The van der Waals surface area contributed by atoms with Crippen LogP contribution < -0.4 is 5.32 Å². The number of ketones is 1. The van der Waals surface area contributed by atoms with E-state index in [9.17, 15) is 9.59 Å². The molecular weight excluding hydrogens is 294 g/mol. The number of thiophene rings is 1. The molecule has 6 nitrogen and oxygen atoms in total. The van der Waals surface area contributed by atoms with Gasteiger partial charge in [0.05, 0.1) is 43.8 Å². The van der Waals surface area contributed by atoms with Crippen LogP contribution in [0, 0.1) is 0 Å². The van der Waals surface area contributed by atoms with Gasteiger partial charge in [-0.15, -0.1) is 11.3 Å². The monoisotopic (exact) mass is 315 g/mol. The van der Waals surface area contributed by atoms with Crippen molar-refractivity contribution >= 4 is 23.1 Å². The van der Waals surface area contributed by atoms with E-state index in [2.05, 4.69) is 5.32 Å². The molecular formula is C14H21NO5S. The van der Waals surface area contributed by atoms with Crippen molar-refractivity contribution in [3.05, 3.63) is 22.4 Å². The van der Waals surface area contributed by atoms with Gasteiger partial charge in [0, 0.05) is 6.54 Å². The lowest BCUT2D eigenvalue weighted by atomic mass is 10.1. The average Bonchev–Trinajstić information content (AvgIpc) is 2.99. The summed E-state index contributed by atoms with van der Waals surface area (Å²) in [5.74, 6) is -0.531. The molecule has 7 heteroatoms. The Bertz CT molecular complexity index is 421. The minimum absolute atomic E-state index is 0.00935. The Hall–Kier alpha value is -1.28. The number of nitrogens with one attached hydrogen (secondary N) is 1. The van der Waals surface area contributed by atoms with Crippen molar-refractivity contribution in [3.8, 4) is 0 Å². The fourth-order valence-corrected chi connectivity index (χ4v) is 2.43. The number of carbonyl (C=O) groups excluding carboxylic acids is 2. The first-order valence-electron chi connectivity index (χ1n) is 6.84. The molecule has 1 unspecified atom stereocenters. The number of aliphatic hydroxyl groups excluding tert-OH is 1. The molecule has 2 N–H and O–H groups in total. The van der Waals surface area contributed by atoms with Crippen LogP contribution in [0.3, 0.4) is 0 Å². The minimum atomic E-state index is -0.625. The molecule has 0 aliphatic heterocycles. The van der Waals surface area contributed by atoms with Crippen LogP contribution in [0.4, 0.5) is 0 Å². The maximum atomic E-state index is 12.3. The van der Waals surface area contributed by atoms with Crippen LogP contribution in [0.5, 0.6) is 0 Å². The molecule has 1 atom stereocenters. The van der Waals surface area contributed by atoms with Gasteiger partial charge in [-0.2, -0.15) is 0 Å². The molecule has 1 aromatic heterocycles. The van der Waals surface area contributed by atoms with Crippen LogP contribution in [0.2, 0.25) is 0 Å². The summed E-state index contributed by atoms with van der Waals surface area (Å²) in [4.78, 5) is 24.5. The van der Waals surface area contributed by atoms with Crippen molar-refractivity contribution in [2.24, 2.45) is 0 Å². The molecule has 0 bridgehead atoms. The molecule has 0 amide bonds. The highest BCUT2D eigenvalue weighted by molar-refractivity contribution is 7.12. The highest BCUT2D eigenvalue weighted by Crippen LogP contribution is 2.13. The third-order valence-corrected chi connectivity index (χ3v) is 3.51. The summed E-state index contributed by atoms with van der Waals surface area (Å²) < 4.78 is 10.0. The van der Waals surface area contributed by atoms with E-state index in [-0.39, 0.29) is 25.4 Å². The van der Waals surface area contributed by atoms with Crippen LogP contribution in [0.1, 0.15) is 23.0 Å². The van der Waals surface area contributed by atoms with Gasteiger partial charge >= 0.3 is 5.97 Å². The molecule has 0 aliphatic carbocycles. The van der Waals surface area contributed by atoms with Gasteiger partial charge in [-0.3, -0.25) is 9.59 Å². The number of esters is 1. The molecule has 1 rings (SSSR count). The Morgan fingerprint density at radius 2 is 2.24 bits per heavy atom. The minimum Gasteiger partial charge on any atom is -0.466 e. The Balaban J connectivity index is 2.53. The summed E-state index contributed by atoms with van der Waals surface area (Å²) >= 11 is 1.34. The lowest BCUT2D eigenvalue weighted by Gasteiger charge is -2.16. The number of Topliss-reactive ketones (excluding diaryl/α,β-unsaturated/α-hetero) is 1. The van der Waals surface area contributed by atoms with E-state index in [1.807, 2.05) is 5.38 Å². The summed E-state index contributed by atoms with van der Waals surface area (Å²) in [7, 11) is 0. The molecule has 0 aliphatic rings. The topological polar surface area (TPSA) is 84.9 Å². The second-order valence-electron chi connectivity index (χ2n) is 4.19. The summed E-state index contributed by atoms with van der Waals surface area (Å²) in [6, 6.07) is 2.90. The van der Waals surface area contributed by atoms with Crippen LogP contribution in [-0.2, 0) is 14.3 Å². The van der Waals surface area contributed by atoms with E-state index in [1.165, 1.54) is 11.3 Å². The van der Waals surface area contributed by atoms with Crippen molar-refractivity contribution in [2.75, 3.05) is 33.0 Å². The SMILES string of the molecule is CCOC(=O)CC(NCCOCCO)C(=O)c1cccs1. The van der Waals surface area contributed by atoms with Gasteiger partial charge in [-0.05, 0) is 18.4 Å². The van der Waals surface area contributed by atoms with Crippen molar-refractivity contribution in [1.82, 2.24) is 5.32 Å². The van der Waals surface area contributed by atoms with Gasteiger partial charge in [0.25, 0.3) is 0 Å². The van der Waals surface area contributed by atoms with Gasteiger partial charge in [0.2, 0.25) is 0 Å². The lowest BCUT2D eigenvalue weighted by Crippen LogP contribution is -2.40. The number of rotatable bonds is 11. The molecule has 0 saturated heterocycles. The number of hydrogen-bond donors (Lipinski definition) is 2. The number of carbonyl (C=O) groups is 2. The van der Waals surface area contributed by atoms with Crippen LogP contribution in [0.15, 0.2) is 17.5 Å². The highest BCUT2D eigenvalue weighted by Gasteiger charge is 2.23. The molecule has 0 radical (unpaired) electrons. The maximum absolute atomic E-state index is 12.3. The molecule has 0 saturated carbocycles. The number of hydrogen-bond acceptors (Lipinski definition) is 7. The summed E-state index contributed by atoms with van der Waals surface area (Å²) in [5, 5.41) is 13.4. The Morgan fingerprint density at radius 1 is 1.43 bits per heavy atom. The third kappa shape index (κ3) is 6.81. The Kier molecular flexibility index (Phi) is 8.84. The van der Waals surface area contributed by atoms with Crippen LogP contribution in [-0.4, -0.2) is 55.9 Å². The van der Waals surface area contributed by atoms with Crippen molar-refractivity contribution in [2.45, 2.75) is 19.4 Å². The standard InChI is InChI=1S/C14H21NO5S/c1-2-20-13(17)10-11(15-5-7-19-8-6-16)14(18)12-4-3-9-21-12/h3-4,9,11,15-16H,2,5-8,10H2,1H3. The first-order chi connectivity index (χ1) is 10.2. The van der Waals surface area contributed by atoms with E-state index in [1.54, 1.807) is 19.1 Å². The lowest BCUT2D eigenvalue weighted by molar-refractivity contribution is -0.143.